The van der Waals surface area contributed by atoms with Crippen molar-refractivity contribution in [2.75, 3.05) is 6.54 Å². The lowest BCUT2D eigenvalue weighted by molar-refractivity contribution is 0.708. The lowest BCUT2D eigenvalue weighted by Gasteiger charge is -2.07. The van der Waals surface area contributed by atoms with Crippen LogP contribution >= 0.6 is 0 Å². The first-order valence-electron chi connectivity index (χ1n) is 3.32. The van der Waals surface area contributed by atoms with Crippen molar-refractivity contribution in [2.24, 2.45) is 5.92 Å². The summed E-state index contributed by atoms with van der Waals surface area (Å²) in [4.78, 5) is 0. The third-order valence-electron chi connectivity index (χ3n) is 1.80. The minimum atomic E-state index is 0.624. The van der Waals surface area contributed by atoms with Gasteiger partial charge in [-0.05, 0) is 6.42 Å². The summed E-state index contributed by atoms with van der Waals surface area (Å²) in [6.45, 7) is 1.04. The standard InChI is InChI=1S/C7H10N2/c1-2-4-7-6(3-1)5-8-9-7/h1,3-4,6,8-9H,2,5H2. The van der Waals surface area contributed by atoms with Crippen LogP contribution in [0.25, 0.3) is 0 Å². The Balaban J connectivity index is 2.22. The van der Waals surface area contributed by atoms with E-state index in [4.69, 9.17) is 0 Å². The van der Waals surface area contributed by atoms with E-state index in [9.17, 15) is 0 Å². The summed E-state index contributed by atoms with van der Waals surface area (Å²) in [6, 6.07) is 0. The van der Waals surface area contributed by atoms with Gasteiger partial charge >= 0.3 is 0 Å². The number of hydrogen-bond acceptors (Lipinski definition) is 2. The van der Waals surface area contributed by atoms with Crippen LogP contribution in [-0.2, 0) is 0 Å². The molecule has 2 rings (SSSR count). The van der Waals surface area contributed by atoms with Gasteiger partial charge in [0.2, 0.25) is 0 Å². The maximum atomic E-state index is 3.12. The van der Waals surface area contributed by atoms with E-state index >= 15 is 0 Å². The highest BCUT2D eigenvalue weighted by atomic mass is 15.4. The van der Waals surface area contributed by atoms with Gasteiger partial charge in [-0.2, -0.15) is 0 Å². The first-order valence-corrected chi connectivity index (χ1v) is 3.32. The highest BCUT2D eigenvalue weighted by Gasteiger charge is 2.17. The fraction of sp³-hybridized carbons (Fsp3) is 0.429. The molecule has 0 amide bonds. The SMILES string of the molecule is C1=CC2CNNC2=CC1. The topological polar surface area (TPSA) is 24.1 Å². The van der Waals surface area contributed by atoms with Crippen LogP contribution in [-0.4, -0.2) is 6.54 Å². The Morgan fingerprint density at radius 1 is 1.56 bits per heavy atom. The number of allylic oxidation sites excluding steroid dienone is 2. The molecule has 2 N–H and O–H groups in total. The molecular formula is C7H10N2. The molecule has 1 saturated heterocycles. The zero-order chi connectivity index (χ0) is 6.10. The molecular weight excluding hydrogens is 112 g/mol. The summed E-state index contributed by atoms with van der Waals surface area (Å²) in [6.07, 6.45) is 7.77. The van der Waals surface area contributed by atoms with E-state index in [1.807, 2.05) is 0 Å². The lowest BCUT2D eigenvalue weighted by atomic mass is 10.0. The molecule has 0 saturated carbocycles. The molecule has 48 valence electrons. The Kier molecular flexibility index (Phi) is 1.06. The van der Waals surface area contributed by atoms with Crippen molar-refractivity contribution < 1.29 is 0 Å². The molecule has 1 heterocycles. The van der Waals surface area contributed by atoms with Crippen molar-refractivity contribution in [3.8, 4) is 0 Å². The Labute approximate surface area is 54.6 Å². The largest absolute Gasteiger partial charge is 0.325 e. The van der Waals surface area contributed by atoms with E-state index in [0.717, 1.165) is 13.0 Å². The van der Waals surface area contributed by atoms with Crippen molar-refractivity contribution in [1.29, 1.82) is 0 Å². The van der Waals surface area contributed by atoms with Crippen molar-refractivity contribution in [3.05, 3.63) is 23.9 Å². The summed E-state index contributed by atoms with van der Waals surface area (Å²) in [5.41, 5.74) is 7.56. The molecule has 1 aliphatic carbocycles. The summed E-state index contributed by atoms with van der Waals surface area (Å²) in [5.74, 6) is 0.624. The molecule has 0 aromatic rings. The Hall–Kier alpha value is -0.760. The van der Waals surface area contributed by atoms with Gasteiger partial charge < -0.3 is 5.43 Å². The zero-order valence-electron chi connectivity index (χ0n) is 5.22. The Bertz CT molecular complexity index is 170. The average molecular weight is 122 g/mol. The number of rotatable bonds is 0. The van der Waals surface area contributed by atoms with E-state index in [2.05, 4.69) is 29.1 Å². The Morgan fingerprint density at radius 3 is 3.44 bits per heavy atom. The van der Waals surface area contributed by atoms with Gasteiger partial charge in [0.25, 0.3) is 0 Å². The highest BCUT2D eigenvalue weighted by molar-refractivity contribution is 5.20. The maximum absolute atomic E-state index is 3.12. The molecule has 0 spiro atoms. The van der Waals surface area contributed by atoms with Crippen LogP contribution in [0.15, 0.2) is 23.9 Å². The molecule has 2 aliphatic rings. The molecule has 0 aromatic carbocycles. The number of nitrogens with one attached hydrogen (secondary N) is 2. The van der Waals surface area contributed by atoms with Gasteiger partial charge in [0.05, 0.1) is 0 Å². The number of fused-ring (bicyclic) bond motifs is 1. The van der Waals surface area contributed by atoms with Crippen LogP contribution in [0.1, 0.15) is 6.42 Å². The predicted molar refractivity (Wildman–Crippen MR) is 36.5 cm³/mol. The smallest absolute Gasteiger partial charge is 0.0320 e. The molecule has 1 unspecified atom stereocenters. The lowest BCUT2D eigenvalue weighted by Crippen LogP contribution is -2.20. The molecule has 2 heteroatoms. The zero-order valence-corrected chi connectivity index (χ0v) is 5.22. The van der Waals surface area contributed by atoms with Gasteiger partial charge in [0.15, 0.2) is 0 Å². The van der Waals surface area contributed by atoms with Crippen LogP contribution in [0.4, 0.5) is 0 Å². The van der Waals surface area contributed by atoms with Gasteiger partial charge in [-0.1, -0.05) is 18.2 Å². The molecule has 0 radical (unpaired) electrons. The van der Waals surface area contributed by atoms with Gasteiger partial charge in [-0.15, -0.1) is 0 Å². The van der Waals surface area contributed by atoms with Gasteiger partial charge in [-0.25, -0.2) is 5.43 Å². The van der Waals surface area contributed by atoms with Crippen LogP contribution in [0.5, 0.6) is 0 Å². The molecule has 2 nitrogen and oxygen atoms in total. The minimum absolute atomic E-state index is 0.624. The molecule has 0 aromatic heterocycles. The highest BCUT2D eigenvalue weighted by Crippen LogP contribution is 2.17. The summed E-state index contributed by atoms with van der Waals surface area (Å²) >= 11 is 0. The number of hydrazine groups is 1. The van der Waals surface area contributed by atoms with E-state index in [-0.39, 0.29) is 0 Å². The first kappa shape index (κ1) is 5.06. The van der Waals surface area contributed by atoms with Crippen LogP contribution in [0, 0.1) is 5.92 Å². The van der Waals surface area contributed by atoms with E-state index in [1.165, 1.54) is 5.70 Å². The van der Waals surface area contributed by atoms with E-state index < -0.39 is 0 Å². The molecule has 0 bridgehead atoms. The molecule has 1 aliphatic heterocycles. The minimum Gasteiger partial charge on any atom is -0.325 e. The third-order valence-corrected chi connectivity index (χ3v) is 1.80. The molecule has 1 fully saturated rings. The second kappa shape index (κ2) is 1.88. The maximum Gasteiger partial charge on any atom is 0.0320 e. The summed E-state index contributed by atoms with van der Waals surface area (Å²) in [5, 5.41) is 0. The molecule has 1 atom stereocenters. The Morgan fingerprint density at radius 2 is 2.56 bits per heavy atom. The van der Waals surface area contributed by atoms with Gasteiger partial charge in [0, 0.05) is 18.2 Å². The summed E-state index contributed by atoms with van der Waals surface area (Å²) < 4.78 is 0. The van der Waals surface area contributed by atoms with Gasteiger partial charge in [-0.3, -0.25) is 0 Å². The molecule has 9 heavy (non-hydrogen) atoms. The summed E-state index contributed by atoms with van der Waals surface area (Å²) in [7, 11) is 0. The van der Waals surface area contributed by atoms with E-state index in [1.54, 1.807) is 0 Å². The van der Waals surface area contributed by atoms with Crippen molar-refractivity contribution in [3.63, 3.8) is 0 Å². The van der Waals surface area contributed by atoms with Crippen molar-refractivity contribution >= 4 is 0 Å². The fourth-order valence-electron chi connectivity index (χ4n) is 1.28. The quantitative estimate of drug-likeness (QED) is 0.458. The third kappa shape index (κ3) is 0.754. The van der Waals surface area contributed by atoms with Crippen LogP contribution in [0.3, 0.4) is 0 Å². The second-order valence-corrected chi connectivity index (χ2v) is 2.44. The van der Waals surface area contributed by atoms with E-state index in [0.29, 0.717) is 5.92 Å². The van der Waals surface area contributed by atoms with Crippen molar-refractivity contribution in [2.45, 2.75) is 6.42 Å². The monoisotopic (exact) mass is 122 g/mol. The van der Waals surface area contributed by atoms with Gasteiger partial charge in [0.1, 0.15) is 0 Å². The number of hydrogen-bond donors (Lipinski definition) is 2. The predicted octanol–water partition coefficient (Wildman–Crippen LogP) is 0.554. The second-order valence-electron chi connectivity index (χ2n) is 2.44. The normalized spacial score (nSPS) is 31.1. The fourth-order valence-corrected chi connectivity index (χ4v) is 1.28. The van der Waals surface area contributed by atoms with Crippen LogP contribution in [0.2, 0.25) is 0 Å². The average Bonchev–Trinajstić information content (AvgIpc) is 2.33. The van der Waals surface area contributed by atoms with Crippen LogP contribution < -0.4 is 10.9 Å². The van der Waals surface area contributed by atoms with Crippen molar-refractivity contribution in [1.82, 2.24) is 10.9 Å². The first-order chi connectivity index (χ1) is 4.47.